The van der Waals surface area contributed by atoms with Gasteiger partial charge in [0.15, 0.2) is 0 Å². The van der Waals surface area contributed by atoms with Gasteiger partial charge in [0, 0.05) is 32.3 Å². The summed E-state index contributed by atoms with van der Waals surface area (Å²) < 4.78 is 31.2. The highest BCUT2D eigenvalue weighted by Crippen LogP contribution is 2.28. The van der Waals surface area contributed by atoms with Crippen LogP contribution in [-0.2, 0) is 14.8 Å². The molecule has 0 heterocycles. The van der Waals surface area contributed by atoms with Gasteiger partial charge in [0.2, 0.25) is 10.0 Å². The number of benzene rings is 1. The summed E-state index contributed by atoms with van der Waals surface area (Å²) in [6.45, 7) is 2.35. The molecule has 1 rings (SSSR count). The van der Waals surface area contributed by atoms with E-state index in [4.69, 9.17) is 10.6 Å². The number of non-ortho nitro benzene ring substituents is 1. The van der Waals surface area contributed by atoms with E-state index in [1.165, 1.54) is 11.4 Å². The average molecular weight is 318 g/mol. The van der Waals surface area contributed by atoms with Gasteiger partial charge in [-0.25, -0.2) is 8.42 Å². The first-order valence-electron chi connectivity index (χ1n) is 6.12. The Kier molecular flexibility index (Phi) is 6.03. The van der Waals surface area contributed by atoms with E-state index < -0.39 is 14.9 Å². The fourth-order valence-electron chi connectivity index (χ4n) is 1.75. The third-order valence-electron chi connectivity index (χ3n) is 2.84. The second-order valence-electron chi connectivity index (χ2n) is 4.07. The van der Waals surface area contributed by atoms with Crippen molar-refractivity contribution in [3.8, 4) is 0 Å². The molecule has 9 nitrogen and oxygen atoms in total. The number of ether oxygens (including phenoxy) is 1. The number of nitrogens with zero attached hydrogens (tertiary/aromatic N) is 2. The monoisotopic (exact) mass is 318 g/mol. The molecule has 10 heteroatoms. The summed E-state index contributed by atoms with van der Waals surface area (Å²) in [4.78, 5) is 9.98. The zero-order valence-electron chi connectivity index (χ0n) is 11.8. The third kappa shape index (κ3) is 3.88. The minimum absolute atomic E-state index is 0.0277. The van der Waals surface area contributed by atoms with E-state index in [1.807, 2.05) is 0 Å². The number of methoxy groups -OCH3 is 1. The first-order valence-corrected chi connectivity index (χ1v) is 7.56. The maximum Gasteiger partial charge on any atom is 0.271 e. The largest absolute Gasteiger partial charge is 0.383 e. The van der Waals surface area contributed by atoms with Gasteiger partial charge >= 0.3 is 0 Å². The highest BCUT2D eigenvalue weighted by molar-refractivity contribution is 7.89. The van der Waals surface area contributed by atoms with Crippen molar-refractivity contribution in [2.75, 3.05) is 32.2 Å². The Hall–Kier alpha value is -1.75. The van der Waals surface area contributed by atoms with Crippen molar-refractivity contribution >= 4 is 21.4 Å². The number of anilines is 1. The van der Waals surface area contributed by atoms with Crippen LogP contribution in [0.25, 0.3) is 0 Å². The highest BCUT2D eigenvalue weighted by atomic mass is 32.2. The Bertz CT molecular complexity index is 605. The Balaban J connectivity index is 3.26. The lowest BCUT2D eigenvalue weighted by atomic mass is 10.3. The molecule has 1 aromatic carbocycles. The quantitative estimate of drug-likeness (QED) is 0.406. The second-order valence-corrected chi connectivity index (χ2v) is 5.98. The molecule has 0 spiro atoms. The molecule has 3 N–H and O–H groups in total. The van der Waals surface area contributed by atoms with E-state index in [-0.39, 0.29) is 36.0 Å². The Morgan fingerprint density at radius 1 is 1.48 bits per heavy atom. The van der Waals surface area contributed by atoms with Crippen LogP contribution in [0.2, 0.25) is 0 Å². The van der Waals surface area contributed by atoms with Crippen LogP contribution < -0.4 is 11.3 Å². The molecular weight excluding hydrogens is 300 g/mol. The number of nitrogens with two attached hydrogens (primary N) is 1. The number of hydrazine groups is 1. The van der Waals surface area contributed by atoms with Gasteiger partial charge in [-0.3, -0.25) is 16.0 Å². The summed E-state index contributed by atoms with van der Waals surface area (Å²) in [5, 5.41) is 10.7. The number of likely N-dealkylation sites (N-methyl/N-ethyl adjacent to an activating group) is 1. The topological polar surface area (TPSA) is 128 Å². The van der Waals surface area contributed by atoms with E-state index in [0.29, 0.717) is 0 Å². The molecule has 21 heavy (non-hydrogen) atoms. The number of rotatable bonds is 8. The first kappa shape index (κ1) is 17.3. The Labute approximate surface area is 122 Å². The molecule has 0 aliphatic heterocycles. The van der Waals surface area contributed by atoms with Crippen molar-refractivity contribution in [2.24, 2.45) is 5.84 Å². The summed E-state index contributed by atoms with van der Waals surface area (Å²) in [7, 11) is -2.35. The molecule has 118 valence electrons. The van der Waals surface area contributed by atoms with E-state index >= 15 is 0 Å². The number of nitro groups is 1. The van der Waals surface area contributed by atoms with Crippen LogP contribution in [-0.4, -0.2) is 44.5 Å². The van der Waals surface area contributed by atoms with Crippen LogP contribution in [0.5, 0.6) is 0 Å². The van der Waals surface area contributed by atoms with Gasteiger partial charge in [-0.1, -0.05) is 6.92 Å². The Morgan fingerprint density at radius 2 is 2.14 bits per heavy atom. The molecule has 0 radical (unpaired) electrons. The molecule has 0 aliphatic carbocycles. The molecular formula is C11H18N4O5S. The van der Waals surface area contributed by atoms with Crippen molar-refractivity contribution in [3.63, 3.8) is 0 Å². The minimum atomic E-state index is -3.82. The van der Waals surface area contributed by atoms with E-state index in [9.17, 15) is 18.5 Å². The highest BCUT2D eigenvalue weighted by Gasteiger charge is 2.27. The van der Waals surface area contributed by atoms with Crippen molar-refractivity contribution in [2.45, 2.75) is 11.8 Å². The van der Waals surface area contributed by atoms with E-state index in [1.54, 1.807) is 6.92 Å². The maximum atomic E-state index is 12.5. The van der Waals surface area contributed by atoms with Crippen molar-refractivity contribution in [3.05, 3.63) is 28.3 Å². The lowest BCUT2D eigenvalue weighted by Crippen LogP contribution is -2.34. The van der Waals surface area contributed by atoms with Crippen LogP contribution in [0.4, 0.5) is 11.4 Å². The van der Waals surface area contributed by atoms with Crippen LogP contribution in [0.3, 0.4) is 0 Å². The maximum absolute atomic E-state index is 12.5. The number of hydrogen-bond acceptors (Lipinski definition) is 7. The zero-order valence-corrected chi connectivity index (χ0v) is 12.6. The fourth-order valence-corrected chi connectivity index (χ4v) is 3.32. The first-order chi connectivity index (χ1) is 9.88. The van der Waals surface area contributed by atoms with Gasteiger partial charge in [0.05, 0.1) is 17.2 Å². The smallest absolute Gasteiger partial charge is 0.271 e. The van der Waals surface area contributed by atoms with Crippen LogP contribution in [0.15, 0.2) is 23.1 Å². The van der Waals surface area contributed by atoms with Crippen LogP contribution >= 0.6 is 0 Å². The molecule has 0 atom stereocenters. The summed E-state index contributed by atoms with van der Waals surface area (Å²) in [5.41, 5.74) is 1.91. The van der Waals surface area contributed by atoms with Gasteiger partial charge in [0.25, 0.3) is 5.69 Å². The summed E-state index contributed by atoms with van der Waals surface area (Å²) in [5.74, 6) is 5.28. The molecule has 0 bridgehead atoms. The normalized spacial score (nSPS) is 11.6. The predicted octanol–water partition coefficient (Wildman–Crippen LogP) is 0.537. The molecule has 0 unspecified atom stereocenters. The van der Waals surface area contributed by atoms with Gasteiger partial charge in [-0.2, -0.15) is 4.31 Å². The second kappa shape index (κ2) is 7.31. The fraction of sp³-hybridized carbons (Fsp3) is 0.455. The van der Waals surface area contributed by atoms with Crippen molar-refractivity contribution in [1.29, 1.82) is 0 Å². The molecule has 0 saturated heterocycles. The standard InChI is InChI=1S/C11H18N4O5S/c1-3-14(6-7-20-2)21(18,19)11-5-4-9(15(16)17)8-10(11)13-12/h4-5,8,13H,3,6-7,12H2,1-2H3. The predicted molar refractivity (Wildman–Crippen MR) is 77.2 cm³/mol. The van der Waals surface area contributed by atoms with E-state index in [0.717, 1.165) is 18.2 Å². The third-order valence-corrected chi connectivity index (χ3v) is 4.88. The van der Waals surface area contributed by atoms with Gasteiger partial charge in [0.1, 0.15) is 4.90 Å². The zero-order chi connectivity index (χ0) is 16.0. The van der Waals surface area contributed by atoms with Crippen molar-refractivity contribution < 1.29 is 18.1 Å². The number of nitro benzene ring substituents is 1. The minimum Gasteiger partial charge on any atom is -0.383 e. The lowest BCUT2D eigenvalue weighted by molar-refractivity contribution is -0.384. The summed E-state index contributed by atoms with van der Waals surface area (Å²) in [6, 6.07) is 3.37. The SMILES string of the molecule is CCN(CCOC)S(=O)(=O)c1ccc([N+](=O)[O-])cc1NN. The van der Waals surface area contributed by atoms with Gasteiger partial charge in [-0.15, -0.1) is 0 Å². The van der Waals surface area contributed by atoms with Gasteiger partial charge in [-0.05, 0) is 6.07 Å². The van der Waals surface area contributed by atoms with Gasteiger partial charge < -0.3 is 10.2 Å². The Morgan fingerprint density at radius 3 is 2.62 bits per heavy atom. The molecule has 0 aliphatic rings. The molecule has 0 amide bonds. The number of nitrogen functional groups attached to an aromatic ring is 1. The average Bonchev–Trinajstić information content (AvgIpc) is 2.46. The number of hydrogen-bond donors (Lipinski definition) is 2. The lowest BCUT2D eigenvalue weighted by Gasteiger charge is -2.21. The number of nitrogens with one attached hydrogen (secondary N) is 1. The molecule has 0 saturated carbocycles. The van der Waals surface area contributed by atoms with Crippen molar-refractivity contribution in [1.82, 2.24) is 4.31 Å². The number of sulfonamides is 1. The molecule has 0 fully saturated rings. The molecule has 1 aromatic rings. The van der Waals surface area contributed by atoms with Crippen LogP contribution in [0, 0.1) is 10.1 Å². The van der Waals surface area contributed by atoms with E-state index in [2.05, 4.69) is 5.43 Å². The molecule has 0 aromatic heterocycles. The summed E-state index contributed by atoms with van der Waals surface area (Å²) >= 11 is 0. The van der Waals surface area contributed by atoms with Crippen LogP contribution in [0.1, 0.15) is 6.92 Å². The summed E-state index contributed by atoms with van der Waals surface area (Å²) in [6.07, 6.45) is 0.